The zero-order valence-electron chi connectivity index (χ0n) is 15.0. The van der Waals surface area contributed by atoms with Crippen LogP contribution in [-0.2, 0) is 0 Å². The Labute approximate surface area is 166 Å². The number of aromatic nitrogens is 2. The second-order valence-corrected chi connectivity index (χ2v) is 7.94. The molecule has 0 bridgehead atoms. The molecule has 0 saturated heterocycles. The summed E-state index contributed by atoms with van der Waals surface area (Å²) in [5.74, 6) is 0. The topological polar surface area (TPSA) is 17.8 Å². The molecule has 0 aliphatic rings. The number of hydrogen-bond donors (Lipinski definition) is 0. The molecule has 0 unspecified atom stereocenters. The minimum Gasteiger partial charge on any atom is -0.285 e. The van der Waals surface area contributed by atoms with Crippen LogP contribution in [0.3, 0.4) is 0 Å². The van der Waals surface area contributed by atoms with Gasteiger partial charge in [-0.05, 0) is 41.5 Å². The molecule has 0 saturated carbocycles. The molecule has 3 heteroatoms. The zero-order chi connectivity index (χ0) is 18.5. The van der Waals surface area contributed by atoms with Crippen molar-refractivity contribution >= 4 is 42.7 Å². The van der Waals surface area contributed by atoms with E-state index in [9.17, 15) is 0 Å². The van der Waals surface area contributed by atoms with Gasteiger partial charge in [0.25, 0.3) is 0 Å². The molecule has 28 heavy (non-hydrogen) atoms. The molecule has 2 nitrogen and oxygen atoms in total. The monoisotopic (exact) mass is 376 g/mol. The van der Waals surface area contributed by atoms with Crippen LogP contribution in [0.15, 0.2) is 97.2 Å². The van der Waals surface area contributed by atoms with E-state index in [1.54, 1.807) is 0 Å². The maximum Gasteiger partial charge on any atom is 0.146 e. The van der Waals surface area contributed by atoms with Crippen LogP contribution >= 0.6 is 11.3 Å². The highest BCUT2D eigenvalue weighted by atomic mass is 32.1. The lowest BCUT2D eigenvalue weighted by Gasteiger charge is -2.08. The number of hydrogen-bond acceptors (Lipinski definition) is 2. The fourth-order valence-corrected chi connectivity index (χ4v) is 5.25. The summed E-state index contributed by atoms with van der Waals surface area (Å²) >= 11 is 1.83. The summed E-state index contributed by atoms with van der Waals surface area (Å²) in [5, 5.41) is 3.81. The van der Waals surface area contributed by atoms with E-state index in [0.29, 0.717) is 0 Å². The molecule has 0 aliphatic heterocycles. The summed E-state index contributed by atoms with van der Waals surface area (Å²) in [4.78, 5) is 6.00. The van der Waals surface area contributed by atoms with Crippen LogP contribution in [0, 0.1) is 0 Å². The lowest BCUT2D eigenvalue weighted by molar-refractivity contribution is 1.15. The van der Waals surface area contributed by atoms with Crippen LogP contribution in [0.1, 0.15) is 0 Å². The molecular weight excluding hydrogens is 360 g/mol. The van der Waals surface area contributed by atoms with Crippen molar-refractivity contribution < 1.29 is 0 Å². The molecule has 0 N–H and O–H groups in total. The first kappa shape index (κ1) is 15.6. The quantitative estimate of drug-likeness (QED) is 0.316. The molecular formula is C25H16N2S. The van der Waals surface area contributed by atoms with Crippen molar-refractivity contribution in [3.05, 3.63) is 97.2 Å². The molecule has 3 aromatic carbocycles. The predicted octanol–water partition coefficient (Wildman–Crippen LogP) is 7.06. The summed E-state index contributed by atoms with van der Waals surface area (Å²) in [7, 11) is 0. The molecule has 6 aromatic rings. The van der Waals surface area contributed by atoms with Crippen LogP contribution < -0.4 is 0 Å². The van der Waals surface area contributed by atoms with Crippen LogP contribution in [0.4, 0.5) is 0 Å². The highest BCUT2D eigenvalue weighted by Crippen LogP contribution is 2.41. The van der Waals surface area contributed by atoms with Crippen molar-refractivity contribution in [1.82, 2.24) is 9.55 Å². The van der Waals surface area contributed by atoms with Gasteiger partial charge >= 0.3 is 0 Å². The molecule has 6 rings (SSSR count). The first-order valence-electron chi connectivity index (χ1n) is 9.33. The van der Waals surface area contributed by atoms with Gasteiger partial charge in [-0.1, -0.05) is 60.7 Å². The number of fused-ring (bicyclic) bond motifs is 5. The van der Waals surface area contributed by atoms with Crippen molar-refractivity contribution in [2.75, 3.05) is 0 Å². The van der Waals surface area contributed by atoms with Crippen molar-refractivity contribution in [2.24, 2.45) is 0 Å². The first-order chi connectivity index (χ1) is 13.9. The van der Waals surface area contributed by atoms with E-state index in [-0.39, 0.29) is 0 Å². The Morgan fingerprint density at radius 1 is 0.679 bits per heavy atom. The molecule has 0 radical (unpaired) electrons. The summed E-state index contributed by atoms with van der Waals surface area (Å²) in [6.07, 6.45) is 1.88. The second-order valence-electron chi connectivity index (χ2n) is 6.90. The van der Waals surface area contributed by atoms with Gasteiger partial charge in [0.15, 0.2) is 0 Å². The third-order valence-corrected chi connectivity index (χ3v) is 6.42. The van der Waals surface area contributed by atoms with Gasteiger partial charge in [0.1, 0.15) is 10.5 Å². The average molecular weight is 376 g/mol. The van der Waals surface area contributed by atoms with Gasteiger partial charge < -0.3 is 0 Å². The Hall–Kier alpha value is -3.43. The van der Waals surface area contributed by atoms with Gasteiger partial charge in [0, 0.05) is 32.7 Å². The van der Waals surface area contributed by atoms with Crippen LogP contribution in [0.25, 0.3) is 48.2 Å². The van der Waals surface area contributed by atoms with Gasteiger partial charge in [-0.3, -0.25) is 4.57 Å². The fourth-order valence-electron chi connectivity index (χ4n) is 4.01. The minimum absolute atomic E-state index is 1.01. The Morgan fingerprint density at radius 2 is 1.46 bits per heavy atom. The summed E-state index contributed by atoms with van der Waals surface area (Å²) in [6, 6.07) is 32.1. The zero-order valence-corrected chi connectivity index (χ0v) is 15.9. The second kappa shape index (κ2) is 6.04. The fraction of sp³-hybridized carbons (Fsp3) is 0. The Morgan fingerprint density at radius 3 is 2.39 bits per heavy atom. The van der Waals surface area contributed by atoms with E-state index in [1.165, 1.54) is 36.8 Å². The van der Waals surface area contributed by atoms with Crippen LogP contribution in [0.2, 0.25) is 0 Å². The van der Waals surface area contributed by atoms with Crippen LogP contribution in [-0.4, -0.2) is 9.55 Å². The molecule has 132 valence electrons. The van der Waals surface area contributed by atoms with Gasteiger partial charge in [0.2, 0.25) is 0 Å². The average Bonchev–Trinajstić information content (AvgIpc) is 3.29. The van der Waals surface area contributed by atoms with Gasteiger partial charge in [-0.2, -0.15) is 0 Å². The number of pyridine rings is 1. The van der Waals surface area contributed by atoms with Crippen molar-refractivity contribution in [3.8, 4) is 16.8 Å². The molecule has 0 amide bonds. The van der Waals surface area contributed by atoms with Gasteiger partial charge in [0.05, 0.1) is 0 Å². The lowest BCUT2D eigenvalue weighted by Crippen LogP contribution is -1.94. The standard InChI is InChI=1S/C25H16N2S/c1-2-8-17(9-3-1)18-10-6-11-19(16-18)27-24-21(13-7-15-26-24)23-20-12-4-5-14-22(20)28-25(23)27/h1-16H. The normalized spacial score (nSPS) is 11.6. The predicted molar refractivity (Wildman–Crippen MR) is 119 cm³/mol. The van der Waals surface area contributed by atoms with E-state index in [1.807, 2.05) is 23.6 Å². The lowest BCUT2D eigenvalue weighted by atomic mass is 10.1. The number of benzene rings is 3. The molecule has 0 atom stereocenters. The summed E-state index contributed by atoms with van der Waals surface area (Å²) in [6.45, 7) is 0. The molecule has 3 aromatic heterocycles. The van der Waals surface area contributed by atoms with Crippen LogP contribution in [0.5, 0.6) is 0 Å². The summed E-state index contributed by atoms with van der Waals surface area (Å²) < 4.78 is 3.62. The minimum atomic E-state index is 1.01. The highest BCUT2D eigenvalue weighted by Gasteiger charge is 2.18. The Bertz CT molecular complexity index is 1460. The maximum atomic E-state index is 4.75. The van der Waals surface area contributed by atoms with Crippen molar-refractivity contribution in [2.45, 2.75) is 0 Å². The third-order valence-electron chi connectivity index (χ3n) is 5.26. The van der Waals surface area contributed by atoms with E-state index >= 15 is 0 Å². The van der Waals surface area contributed by atoms with E-state index < -0.39 is 0 Å². The molecule has 0 spiro atoms. The van der Waals surface area contributed by atoms with Gasteiger partial charge in [-0.25, -0.2) is 4.98 Å². The van der Waals surface area contributed by atoms with Crippen molar-refractivity contribution in [3.63, 3.8) is 0 Å². The van der Waals surface area contributed by atoms with E-state index in [4.69, 9.17) is 4.98 Å². The molecule has 0 aliphatic carbocycles. The summed E-state index contributed by atoms with van der Waals surface area (Å²) in [5.41, 5.74) is 4.60. The largest absolute Gasteiger partial charge is 0.285 e. The first-order valence-corrected chi connectivity index (χ1v) is 10.1. The Kier molecular flexibility index (Phi) is 3.37. The maximum absolute atomic E-state index is 4.75. The van der Waals surface area contributed by atoms with E-state index in [0.717, 1.165) is 11.3 Å². The Balaban J connectivity index is 1.70. The number of rotatable bonds is 2. The SMILES string of the molecule is c1ccc(-c2cccc(-n3c4ncccc4c4c5ccccc5sc43)c2)cc1. The number of nitrogens with zero attached hydrogens (tertiary/aromatic N) is 2. The van der Waals surface area contributed by atoms with Gasteiger partial charge in [-0.15, -0.1) is 11.3 Å². The smallest absolute Gasteiger partial charge is 0.146 e. The number of thiophene rings is 1. The van der Waals surface area contributed by atoms with Crippen molar-refractivity contribution in [1.29, 1.82) is 0 Å². The molecule has 0 fully saturated rings. The highest BCUT2D eigenvalue weighted by molar-refractivity contribution is 7.25. The molecule has 3 heterocycles. The third kappa shape index (κ3) is 2.23. The van der Waals surface area contributed by atoms with E-state index in [2.05, 4.69) is 89.5 Å².